The van der Waals surface area contributed by atoms with Gasteiger partial charge in [-0.2, -0.15) is 0 Å². The van der Waals surface area contributed by atoms with Gasteiger partial charge in [-0.15, -0.1) is 0 Å². The van der Waals surface area contributed by atoms with E-state index in [0.29, 0.717) is 25.7 Å². The van der Waals surface area contributed by atoms with Crippen LogP contribution in [0.15, 0.2) is 28.7 Å². The highest BCUT2D eigenvalue weighted by atomic mass is 79.9. The summed E-state index contributed by atoms with van der Waals surface area (Å²) in [5, 5.41) is 0. The second-order valence-electron chi connectivity index (χ2n) is 5.93. The SMILES string of the molecule is CC1CCCCN1CC(=O)N(C)CCOc1ccc(Br)cc1. The predicted molar refractivity (Wildman–Crippen MR) is 92.2 cm³/mol. The number of likely N-dealkylation sites (N-methyl/N-ethyl adjacent to an activating group) is 1. The summed E-state index contributed by atoms with van der Waals surface area (Å²) in [5.74, 6) is 1.00. The Labute approximate surface area is 141 Å². The molecule has 1 unspecified atom stereocenters. The Kier molecular flexibility index (Phi) is 6.70. The minimum atomic E-state index is 0.174. The van der Waals surface area contributed by atoms with Gasteiger partial charge in [0.2, 0.25) is 5.91 Å². The number of likely N-dealkylation sites (tertiary alicyclic amines) is 1. The van der Waals surface area contributed by atoms with Crippen molar-refractivity contribution in [1.29, 1.82) is 0 Å². The lowest BCUT2D eigenvalue weighted by molar-refractivity contribution is -0.132. The molecule has 5 heteroatoms. The van der Waals surface area contributed by atoms with Gasteiger partial charge < -0.3 is 9.64 Å². The predicted octanol–water partition coefficient (Wildman–Crippen LogP) is 3.16. The molecule has 1 fully saturated rings. The number of hydrogen-bond acceptors (Lipinski definition) is 3. The van der Waals surface area contributed by atoms with E-state index in [1.807, 2.05) is 31.3 Å². The van der Waals surface area contributed by atoms with E-state index in [2.05, 4.69) is 27.8 Å². The molecule has 1 aliphatic rings. The molecule has 1 aromatic carbocycles. The smallest absolute Gasteiger partial charge is 0.236 e. The van der Waals surface area contributed by atoms with E-state index in [1.165, 1.54) is 19.3 Å². The third-order valence-electron chi connectivity index (χ3n) is 4.21. The summed E-state index contributed by atoms with van der Waals surface area (Å²) in [6, 6.07) is 8.25. The number of hydrogen-bond donors (Lipinski definition) is 0. The van der Waals surface area contributed by atoms with Crippen LogP contribution in [0.4, 0.5) is 0 Å². The lowest BCUT2D eigenvalue weighted by Crippen LogP contribution is -2.45. The molecule has 1 atom stereocenters. The molecular formula is C17H25BrN2O2. The number of rotatable bonds is 6. The fourth-order valence-corrected chi connectivity index (χ4v) is 2.91. The van der Waals surface area contributed by atoms with Crippen molar-refractivity contribution in [3.05, 3.63) is 28.7 Å². The highest BCUT2D eigenvalue weighted by Gasteiger charge is 2.21. The maximum absolute atomic E-state index is 12.3. The molecule has 1 aromatic rings. The van der Waals surface area contributed by atoms with Gasteiger partial charge in [-0.3, -0.25) is 9.69 Å². The summed E-state index contributed by atoms with van der Waals surface area (Å²) >= 11 is 3.39. The van der Waals surface area contributed by atoms with Crippen molar-refractivity contribution < 1.29 is 9.53 Å². The molecule has 2 rings (SSSR count). The van der Waals surface area contributed by atoms with Crippen LogP contribution in [0.25, 0.3) is 0 Å². The first-order valence-corrected chi connectivity index (χ1v) is 8.72. The number of amides is 1. The van der Waals surface area contributed by atoms with E-state index >= 15 is 0 Å². The van der Waals surface area contributed by atoms with Crippen LogP contribution in [0.3, 0.4) is 0 Å². The van der Waals surface area contributed by atoms with Gasteiger partial charge in [-0.05, 0) is 50.6 Å². The van der Waals surface area contributed by atoms with Crippen LogP contribution in [-0.4, -0.2) is 55.0 Å². The van der Waals surface area contributed by atoms with Crippen LogP contribution in [0.2, 0.25) is 0 Å². The van der Waals surface area contributed by atoms with E-state index in [4.69, 9.17) is 4.74 Å². The van der Waals surface area contributed by atoms with Crippen LogP contribution in [-0.2, 0) is 4.79 Å². The van der Waals surface area contributed by atoms with E-state index in [-0.39, 0.29) is 5.91 Å². The molecule has 0 spiro atoms. The first-order chi connectivity index (χ1) is 10.6. The summed E-state index contributed by atoms with van der Waals surface area (Å²) in [6.07, 6.45) is 3.68. The van der Waals surface area contributed by atoms with Gasteiger partial charge in [0, 0.05) is 17.6 Å². The van der Waals surface area contributed by atoms with E-state index in [0.717, 1.165) is 16.8 Å². The first kappa shape index (κ1) is 17.3. The Hall–Kier alpha value is -1.07. The summed E-state index contributed by atoms with van der Waals surface area (Å²) in [7, 11) is 1.85. The third kappa shape index (κ3) is 5.29. The van der Waals surface area contributed by atoms with Gasteiger partial charge in [-0.25, -0.2) is 0 Å². The molecule has 0 radical (unpaired) electrons. The summed E-state index contributed by atoms with van der Waals surface area (Å²) in [5.41, 5.74) is 0. The largest absolute Gasteiger partial charge is 0.492 e. The average molecular weight is 369 g/mol. The molecule has 0 bridgehead atoms. The molecule has 22 heavy (non-hydrogen) atoms. The average Bonchev–Trinajstić information content (AvgIpc) is 2.51. The number of carbonyl (C=O) groups excluding carboxylic acids is 1. The molecule has 122 valence electrons. The fraction of sp³-hybridized carbons (Fsp3) is 0.588. The second kappa shape index (κ2) is 8.53. The Balaban J connectivity index is 1.70. The Bertz CT molecular complexity index is 478. The summed E-state index contributed by atoms with van der Waals surface area (Å²) in [6.45, 7) is 4.89. The molecule has 1 saturated heterocycles. The van der Waals surface area contributed by atoms with Gasteiger partial charge >= 0.3 is 0 Å². The molecule has 4 nitrogen and oxygen atoms in total. The molecular weight excluding hydrogens is 344 g/mol. The number of benzene rings is 1. The minimum absolute atomic E-state index is 0.174. The minimum Gasteiger partial charge on any atom is -0.492 e. The molecule has 1 amide bonds. The molecule has 0 aliphatic carbocycles. The zero-order chi connectivity index (χ0) is 15.9. The Morgan fingerprint density at radius 2 is 2.09 bits per heavy atom. The number of nitrogens with zero attached hydrogens (tertiary/aromatic N) is 2. The third-order valence-corrected chi connectivity index (χ3v) is 4.74. The number of ether oxygens (including phenoxy) is 1. The van der Waals surface area contributed by atoms with Gasteiger partial charge in [0.25, 0.3) is 0 Å². The Morgan fingerprint density at radius 1 is 1.36 bits per heavy atom. The molecule has 1 aliphatic heterocycles. The lowest BCUT2D eigenvalue weighted by Gasteiger charge is -2.33. The maximum Gasteiger partial charge on any atom is 0.236 e. The van der Waals surface area contributed by atoms with Gasteiger partial charge in [0.15, 0.2) is 0 Å². The summed E-state index contributed by atoms with van der Waals surface area (Å²) in [4.78, 5) is 16.3. The highest BCUT2D eigenvalue weighted by Crippen LogP contribution is 2.17. The van der Waals surface area contributed by atoms with E-state index < -0.39 is 0 Å². The van der Waals surface area contributed by atoms with Crippen molar-refractivity contribution in [2.75, 3.05) is 33.3 Å². The monoisotopic (exact) mass is 368 g/mol. The molecule has 0 N–H and O–H groups in total. The zero-order valence-electron chi connectivity index (χ0n) is 13.4. The van der Waals surface area contributed by atoms with Crippen molar-refractivity contribution in [3.8, 4) is 5.75 Å². The van der Waals surface area contributed by atoms with Crippen LogP contribution in [0, 0.1) is 0 Å². The molecule has 1 heterocycles. The number of halogens is 1. The number of carbonyl (C=O) groups is 1. The van der Waals surface area contributed by atoms with E-state index in [1.54, 1.807) is 4.90 Å². The van der Waals surface area contributed by atoms with Crippen LogP contribution >= 0.6 is 15.9 Å². The van der Waals surface area contributed by atoms with Crippen molar-refractivity contribution >= 4 is 21.8 Å². The standard InChI is InChI=1S/C17H25BrN2O2/c1-14-5-3-4-10-20(14)13-17(21)19(2)11-12-22-16-8-6-15(18)7-9-16/h6-9,14H,3-5,10-13H2,1-2H3. The second-order valence-corrected chi connectivity index (χ2v) is 6.85. The zero-order valence-corrected chi connectivity index (χ0v) is 15.0. The fourth-order valence-electron chi connectivity index (χ4n) is 2.64. The normalized spacial score (nSPS) is 19.0. The van der Waals surface area contributed by atoms with E-state index in [9.17, 15) is 4.79 Å². The van der Waals surface area contributed by atoms with Gasteiger partial charge in [-0.1, -0.05) is 22.4 Å². The highest BCUT2D eigenvalue weighted by molar-refractivity contribution is 9.10. The van der Waals surface area contributed by atoms with Crippen LogP contribution < -0.4 is 4.74 Å². The van der Waals surface area contributed by atoms with Crippen LogP contribution in [0.5, 0.6) is 5.75 Å². The molecule has 0 aromatic heterocycles. The van der Waals surface area contributed by atoms with Crippen LogP contribution in [0.1, 0.15) is 26.2 Å². The van der Waals surface area contributed by atoms with Crippen molar-refractivity contribution in [3.63, 3.8) is 0 Å². The topological polar surface area (TPSA) is 32.8 Å². The molecule has 0 saturated carbocycles. The lowest BCUT2D eigenvalue weighted by atomic mass is 10.0. The van der Waals surface area contributed by atoms with Crippen molar-refractivity contribution in [2.45, 2.75) is 32.2 Å². The van der Waals surface area contributed by atoms with Gasteiger partial charge in [0.1, 0.15) is 12.4 Å². The first-order valence-electron chi connectivity index (χ1n) is 7.92. The van der Waals surface area contributed by atoms with Crippen molar-refractivity contribution in [2.24, 2.45) is 0 Å². The van der Waals surface area contributed by atoms with Crippen molar-refractivity contribution in [1.82, 2.24) is 9.80 Å². The number of piperidine rings is 1. The quantitative estimate of drug-likeness (QED) is 0.772. The Morgan fingerprint density at radius 3 is 2.77 bits per heavy atom. The maximum atomic E-state index is 12.3. The summed E-state index contributed by atoms with van der Waals surface area (Å²) < 4.78 is 6.69. The van der Waals surface area contributed by atoms with Gasteiger partial charge in [0.05, 0.1) is 13.1 Å².